The number of oxazole rings is 1. The number of hydrogen-bond donors (Lipinski definition) is 0. The van der Waals surface area contributed by atoms with Gasteiger partial charge in [-0.25, -0.2) is 9.78 Å². The molecule has 7 heteroatoms. The molecule has 0 aliphatic carbocycles. The summed E-state index contributed by atoms with van der Waals surface area (Å²) in [6.45, 7) is 2.22. The van der Waals surface area contributed by atoms with Gasteiger partial charge in [-0.15, -0.1) is 0 Å². The number of benzene rings is 2. The molecule has 150 valence electrons. The van der Waals surface area contributed by atoms with E-state index in [1.165, 1.54) is 6.42 Å². The van der Waals surface area contributed by atoms with Gasteiger partial charge in [-0.05, 0) is 75.2 Å². The summed E-state index contributed by atoms with van der Waals surface area (Å²) in [5.74, 6) is 0.0956. The third-order valence-corrected chi connectivity index (χ3v) is 6.21. The molecule has 2 aliphatic heterocycles. The van der Waals surface area contributed by atoms with Gasteiger partial charge in [-0.1, -0.05) is 23.2 Å². The molecule has 1 aromatic heterocycles. The predicted octanol–water partition coefficient (Wildman–Crippen LogP) is 5.59. The maximum Gasteiger partial charge on any atom is 0.338 e. The molecule has 0 amide bonds. The zero-order valence-corrected chi connectivity index (χ0v) is 17.2. The van der Waals surface area contributed by atoms with Crippen LogP contribution in [-0.2, 0) is 4.74 Å². The molecular weight excluding hydrogens is 411 g/mol. The first-order valence-corrected chi connectivity index (χ1v) is 10.6. The molecule has 2 aliphatic rings. The second-order valence-corrected chi connectivity index (χ2v) is 8.56. The number of fused-ring (bicyclic) bond motifs is 2. The van der Waals surface area contributed by atoms with Gasteiger partial charge in [0.15, 0.2) is 5.58 Å². The van der Waals surface area contributed by atoms with Crippen LogP contribution >= 0.6 is 23.2 Å². The van der Waals surface area contributed by atoms with Crippen LogP contribution in [0.2, 0.25) is 10.0 Å². The third kappa shape index (κ3) is 3.75. The maximum absolute atomic E-state index is 12.8. The molecule has 3 aromatic rings. The highest BCUT2D eigenvalue weighted by molar-refractivity contribution is 6.35. The fourth-order valence-corrected chi connectivity index (χ4v) is 4.96. The van der Waals surface area contributed by atoms with Crippen LogP contribution in [0.15, 0.2) is 40.8 Å². The minimum atomic E-state index is -0.311. The lowest BCUT2D eigenvalue weighted by Gasteiger charge is -2.35. The van der Waals surface area contributed by atoms with Crippen LogP contribution < -0.4 is 0 Å². The van der Waals surface area contributed by atoms with Crippen molar-refractivity contribution in [2.24, 2.45) is 0 Å². The molecule has 5 rings (SSSR count). The molecule has 0 unspecified atom stereocenters. The summed E-state index contributed by atoms with van der Waals surface area (Å²) < 4.78 is 11.8. The zero-order chi connectivity index (χ0) is 20.0. The largest absolute Gasteiger partial charge is 0.457 e. The van der Waals surface area contributed by atoms with Crippen molar-refractivity contribution in [1.82, 2.24) is 9.88 Å². The average molecular weight is 431 g/mol. The van der Waals surface area contributed by atoms with Crippen LogP contribution in [0, 0.1) is 0 Å². The molecule has 2 fully saturated rings. The standard InChI is InChI=1S/C22H20Cl2N2O3/c23-15-9-14(10-16(24)12-15)21-25-17-6-5-13(11-20(17)28-21)22(27)29-19-4-2-8-26-7-1-3-18(19)26/h5-6,9-12,18-19H,1-4,7-8H2/t18-,19+/m1/s1. The van der Waals surface area contributed by atoms with E-state index in [1.54, 1.807) is 36.4 Å². The molecule has 2 saturated heterocycles. The number of aromatic nitrogens is 1. The summed E-state index contributed by atoms with van der Waals surface area (Å²) in [5, 5.41) is 1.01. The first kappa shape index (κ1) is 18.9. The van der Waals surface area contributed by atoms with Crippen molar-refractivity contribution < 1.29 is 13.9 Å². The molecule has 5 nitrogen and oxygen atoms in total. The van der Waals surface area contributed by atoms with Gasteiger partial charge < -0.3 is 9.15 Å². The van der Waals surface area contributed by atoms with E-state index in [1.807, 2.05) is 0 Å². The van der Waals surface area contributed by atoms with Crippen molar-refractivity contribution in [2.45, 2.75) is 37.8 Å². The average Bonchev–Trinajstić information content (AvgIpc) is 3.34. The summed E-state index contributed by atoms with van der Waals surface area (Å²) in [5.41, 5.74) is 2.34. The van der Waals surface area contributed by atoms with Crippen LogP contribution in [0.25, 0.3) is 22.6 Å². The summed E-state index contributed by atoms with van der Waals surface area (Å²) in [7, 11) is 0. The van der Waals surface area contributed by atoms with Crippen LogP contribution in [0.4, 0.5) is 0 Å². The lowest BCUT2D eigenvalue weighted by Crippen LogP contribution is -2.45. The van der Waals surface area contributed by atoms with Gasteiger partial charge in [0.05, 0.1) is 5.56 Å². The minimum absolute atomic E-state index is 0.0339. The first-order valence-electron chi connectivity index (χ1n) is 9.89. The number of hydrogen-bond acceptors (Lipinski definition) is 5. The number of halogens is 2. The van der Waals surface area contributed by atoms with Crippen molar-refractivity contribution >= 4 is 40.3 Å². The van der Waals surface area contributed by atoms with Gasteiger partial charge in [0.25, 0.3) is 0 Å². The van der Waals surface area contributed by atoms with E-state index in [0.717, 1.165) is 32.4 Å². The van der Waals surface area contributed by atoms with Gasteiger partial charge in [0.1, 0.15) is 11.6 Å². The van der Waals surface area contributed by atoms with Crippen LogP contribution in [-0.4, -0.2) is 41.1 Å². The Morgan fingerprint density at radius 1 is 1.07 bits per heavy atom. The van der Waals surface area contributed by atoms with E-state index in [9.17, 15) is 4.79 Å². The second kappa shape index (κ2) is 7.63. The van der Waals surface area contributed by atoms with Crippen molar-refractivity contribution in [3.63, 3.8) is 0 Å². The Morgan fingerprint density at radius 2 is 1.83 bits per heavy atom. The number of carbonyl (C=O) groups is 1. The number of carbonyl (C=O) groups excluding carboxylic acids is 1. The van der Waals surface area contributed by atoms with E-state index < -0.39 is 0 Å². The molecule has 0 bridgehead atoms. The van der Waals surface area contributed by atoms with E-state index in [0.29, 0.717) is 44.2 Å². The molecule has 0 N–H and O–H groups in total. The Labute approximate surface area is 178 Å². The van der Waals surface area contributed by atoms with Crippen molar-refractivity contribution in [1.29, 1.82) is 0 Å². The summed E-state index contributed by atoms with van der Waals surface area (Å²) in [6.07, 6.45) is 4.25. The van der Waals surface area contributed by atoms with Gasteiger partial charge >= 0.3 is 5.97 Å². The Balaban J connectivity index is 1.39. The molecule has 29 heavy (non-hydrogen) atoms. The van der Waals surface area contributed by atoms with E-state index in [2.05, 4.69) is 9.88 Å². The predicted molar refractivity (Wildman–Crippen MR) is 112 cm³/mol. The van der Waals surface area contributed by atoms with Crippen LogP contribution in [0.5, 0.6) is 0 Å². The van der Waals surface area contributed by atoms with Crippen molar-refractivity contribution in [3.05, 3.63) is 52.0 Å². The van der Waals surface area contributed by atoms with Crippen molar-refractivity contribution in [2.75, 3.05) is 13.1 Å². The molecule has 0 saturated carbocycles. The smallest absolute Gasteiger partial charge is 0.338 e. The Hall–Kier alpha value is -2.08. The fourth-order valence-electron chi connectivity index (χ4n) is 4.43. The summed E-state index contributed by atoms with van der Waals surface area (Å²) in [6, 6.07) is 10.7. The topological polar surface area (TPSA) is 55.6 Å². The molecule has 2 atom stereocenters. The van der Waals surface area contributed by atoms with Gasteiger partial charge in [-0.3, -0.25) is 4.90 Å². The minimum Gasteiger partial charge on any atom is -0.457 e. The Kier molecular flexibility index (Phi) is 4.98. The fraction of sp³-hybridized carbons (Fsp3) is 0.364. The van der Waals surface area contributed by atoms with Gasteiger partial charge in [-0.2, -0.15) is 0 Å². The monoisotopic (exact) mass is 430 g/mol. The van der Waals surface area contributed by atoms with E-state index >= 15 is 0 Å². The van der Waals surface area contributed by atoms with E-state index in [-0.39, 0.29) is 12.1 Å². The highest BCUT2D eigenvalue weighted by Crippen LogP contribution is 2.31. The first-order chi connectivity index (χ1) is 14.1. The number of esters is 1. The Bertz CT molecular complexity index is 1060. The lowest BCUT2D eigenvalue weighted by molar-refractivity contribution is -0.0109. The zero-order valence-electron chi connectivity index (χ0n) is 15.7. The third-order valence-electron chi connectivity index (χ3n) is 5.77. The molecule has 3 heterocycles. The normalized spacial score (nSPS) is 22.0. The maximum atomic E-state index is 12.8. The van der Waals surface area contributed by atoms with Gasteiger partial charge in [0.2, 0.25) is 5.89 Å². The summed E-state index contributed by atoms with van der Waals surface area (Å²) in [4.78, 5) is 19.7. The quantitative estimate of drug-likeness (QED) is 0.507. The second-order valence-electron chi connectivity index (χ2n) is 7.69. The number of rotatable bonds is 3. The van der Waals surface area contributed by atoms with E-state index in [4.69, 9.17) is 32.4 Å². The van der Waals surface area contributed by atoms with Crippen LogP contribution in [0.1, 0.15) is 36.0 Å². The summed E-state index contributed by atoms with van der Waals surface area (Å²) >= 11 is 12.2. The number of nitrogens with zero attached hydrogens (tertiary/aromatic N) is 2. The van der Waals surface area contributed by atoms with Crippen LogP contribution in [0.3, 0.4) is 0 Å². The molecule has 0 spiro atoms. The highest BCUT2D eigenvalue weighted by Gasteiger charge is 2.37. The SMILES string of the molecule is O=C(O[C@H]1CCCN2CCC[C@H]12)c1ccc2nc(-c3cc(Cl)cc(Cl)c3)oc2c1. The molecular formula is C22H20Cl2N2O3. The number of piperidine rings is 1. The lowest BCUT2D eigenvalue weighted by atomic mass is 9.99. The molecule has 2 aromatic carbocycles. The van der Waals surface area contributed by atoms with Gasteiger partial charge in [0, 0.05) is 21.7 Å². The Morgan fingerprint density at radius 3 is 2.62 bits per heavy atom. The number of ether oxygens (including phenoxy) is 1. The molecule has 0 radical (unpaired) electrons. The van der Waals surface area contributed by atoms with Crippen molar-refractivity contribution in [3.8, 4) is 11.5 Å². The highest BCUT2D eigenvalue weighted by atomic mass is 35.5.